The van der Waals surface area contributed by atoms with Crippen LogP contribution < -0.4 is 11.1 Å². The maximum atomic E-state index is 13.5. The summed E-state index contributed by atoms with van der Waals surface area (Å²) in [6.07, 6.45) is 4.11. The number of benzene rings is 2. The number of nitrogens with one attached hydrogen (secondary N) is 1. The van der Waals surface area contributed by atoms with Crippen LogP contribution in [0.2, 0.25) is 0 Å². The highest BCUT2D eigenvalue weighted by Gasteiger charge is 2.31. The van der Waals surface area contributed by atoms with Gasteiger partial charge in [-0.15, -0.1) is 0 Å². The fraction of sp³-hybridized carbons (Fsp3) is 0.407. The van der Waals surface area contributed by atoms with E-state index in [1.807, 2.05) is 49.9 Å². The highest BCUT2D eigenvalue weighted by Crippen LogP contribution is 2.37. The number of rotatable bonds is 10. The van der Waals surface area contributed by atoms with Crippen LogP contribution in [0.4, 0.5) is 0 Å². The van der Waals surface area contributed by atoms with Gasteiger partial charge < -0.3 is 20.5 Å². The van der Waals surface area contributed by atoms with E-state index in [0.29, 0.717) is 24.6 Å². The van der Waals surface area contributed by atoms with Gasteiger partial charge in [0.15, 0.2) is 0 Å². The van der Waals surface area contributed by atoms with Gasteiger partial charge in [0, 0.05) is 24.0 Å². The molecule has 0 saturated heterocycles. The van der Waals surface area contributed by atoms with Gasteiger partial charge in [0.05, 0.1) is 0 Å². The molecule has 2 amide bonds. The first-order valence-corrected chi connectivity index (χ1v) is 11.7. The summed E-state index contributed by atoms with van der Waals surface area (Å²) in [5, 5.41) is 4.08. The van der Waals surface area contributed by atoms with Crippen LogP contribution in [0.1, 0.15) is 58.9 Å². The SMILES string of the molecule is Cc1c(C(N)=O)n(C(CCC2CC2)C(=O)NCc2ccc(CN(C)C)cc2)c2ccccc12. The molecule has 1 fully saturated rings. The summed E-state index contributed by atoms with van der Waals surface area (Å²) in [5.74, 6) is 0.116. The third-order valence-electron chi connectivity index (χ3n) is 6.55. The number of nitrogens with two attached hydrogens (primary N) is 1. The number of carbonyl (C=O) groups excluding carboxylic acids is 2. The maximum Gasteiger partial charge on any atom is 0.265 e. The lowest BCUT2D eigenvalue weighted by atomic mass is 10.1. The van der Waals surface area contributed by atoms with Crippen molar-refractivity contribution in [3.05, 3.63) is 70.9 Å². The molecule has 1 unspecified atom stereocenters. The van der Waals surface area contributed by atoms with Crippen molar-refractivity contribution in [2.24, 2.45) is 11.7 Å². The van der Waals surface area contributed by atoms with Crippen LogP contribution >= 0.6 is 0 Å². The van der Waals surface area contributed by atoms with E-state index in [-0.39, 0.29) is 5.91 Å². The number of carbonyl (C=O) groups is 2. The van der Waals surface area contributed by atoms with Gasteiger partial charge in [-0.1, -0.05) is 55.3 Å². The summed E-state index contributed by atoms with van der Waals surface area (Å²) < 4.78 is 1.88. The molecule has 1 aliphatic carbocycles. The molecule has 3 aromatic rings. The van der Waals surface area contributed by atoms with E-state index in [0.717, 1.165) is 35.0 Å². The Morgan fingerprint density at radius 2 is 1.76 bits per heavy atom. The molecule has 0 radical (unpaired) electrons. The topological polar surface area (TPSA) is 80.4 Å². The molecule has 1 heterocycles. The number of nitrogens with zero attached hydrogens (tertiary/aromatic N) is 2. The minimum Gasteiger partial charge on any atom is -0.364 e. The third-order valence-corrected chi connectivity index (χ3v) is 6.55. The molecule has 0 spiro atoms. The second kappa shape index (κ2) is 9.79. The van der Waals surface area contributed by atoms with Gasteiger partial charge in [-0.3, -0.25) is 9.59 Å². The summed E-state index contributed by atoms with van der Waals surface area (Å²) in [6.45, 7) is 3.24. The molecular weight excluding hydrogens is 412 g/mol. The third kappa shape index (κ3) is 5.28. The molecule has 0 bridgehead atoms. The van der Waals surface area contributed by atoms with Crippen LogP contribution in [-0.2, 0) is 17.9 Å². The first kappa shape index (κ1) is 23.1. The average Bonchev–Trinajstić information content (AvgIpc) is 3.56. The number of para-hydroxylation sites is 1. The van der Waals surface area contributed by atoms with Crippen molar-refractivity contribution >= 4 is 22.7 Å². The fourth-order valence-electron chi connectivity index (χ4n) is 4.67. The van der Waals surface area contributed by atoms with Crippen molar-refractivity contribution in [1.29, 1.82) is 0 Å². The van der Waals surface area contributed by atoms with Gasteiger partial charge in [-0.25, -0.2) is 0 Å². The van der Waals surface area contributed by atoms with E-state index in [4.69, 9.17) is 5.73 Å². The Hall–Kier alpha value is -3.12. The monoisotopic (exact) mass is 446 g/mol. The standard InChI is InChI=1S/C27H34N4O2/c1-18-22-6-4-5-7-23(22)31(25(18)26(28)32)24(15-14-19-8-9-19)27(33)29-16-20-10-12-21(13-11-20)17-30(2)3/h4-7,10-13,19,24H,8-9,14-17H2,1-3H3,(H2,28,32)(H,29,33). The Kier molecular flexibility index (Phi) is 6.84. The van der Waals surface area contributed by atoms with Crippen LogP contribution in [0.5, 0.6) is 0 Å². The van der Waals surface area contributed by atoms with E-state index >= 15 is 0 Å². The fourth-order valence-corrected chi connectivity index (χ4v) is 4.67. The second-order valence-electron chi connectivity index (χ2n) is 9.53. The number of aryl methyl sites for hydroxylation is 1. The average molecular weight is 447 g/mol. The van der Waals surface area contributed by atoms with Crippen molar-refractivity contribution in [3.63, 3.8) is 0 Å². The van der Waals surface area contributed by atoms with E-state index in [2.05, 4.69) is 34.5 Å². The largest absolute Gasteiger partial charge is 0.364 e. The van der Waals surface area contributed by atoms with E-state index in [1.165, 1.54) is 18.4 Å². The predicted molar refractivity (Wildman–Crippen MR) is 132 cm³/mol. The summed E-state index contributed by atoms with van der Waals surface area (Å²) in [6, 6.07) is 15.7. The number of hydrogen-bond acceptors (Lipinski definition) is 3. The lowest BCUT2D eigenvalue weighted by Gasteiger charge is -2.22. The number of aromatic nitrogens is 1. The van der Waals surface area contributed by atoms with Gasteiger partial charge >= 0.3 is 0 Å². The van der Waals surface area contributed by atoms with Crippen LogP contribution in [0.3, 0.4) is 0 Å². The minimum atomic E-state index is -0.496. The van der Waals surface area contributed by atoms with Gasteiger partial charge in [0.25, 0.3) is 5.91 Å². The van der Waals surface area contributed by atoms with Crippen LogP contribution in [0, 0.1) is 12.8 Å². The van der Waals surface area contributed by atoms with Gasteiger partial charge in [-0.05, 0) is 62.5 Å². The lowest BCUT2D eigenvalue weighted by Crippen LogP contribution is -2.34. The first-order valence-electron chi connectivity index (χ1n) is 11.7. The molecule has 1 saturated carbocycles. The molecule has 6 heteroatoms. The summed E-state index contributed by atoms with van der Waals surface area (Å²) in [5.41, 5.74) is 10.2. The van der Waals surface area contributed by atoms with Crippen LogP contribution in [0.25, 0.3) is 10.9 Å². The maximum absolute atomic E-state index is 13.5. The minimum absolute atomic E-state index is 0.0729. The van der Waals surface area contributed by atoms with Gasteiger partial charge in [0.2, 0.25) is 5.91 Å². The van der Waals surface area contributed by atoms with Gasteiger partial charge in [-0.2, -0.15) is 0 Å². The highest BCUT2D eigenvalue weighted by molar-refractivity contribution is 6.02. The van der Waals surface area contributed by atoms with E-state index in [1.54, 1.807) is 0 Å². The van der Waals surface area contributed by atoms with E-state index in [9.17, 15) is 9.59 Å². The van der Waals surface area contributed by atoms with E-state index < -0.39 is 11.9 Å². The molecule has 174 valence electrons. The zero-order valence-electron chi connectivity index (χ0n) is 19.8. The van der Waals surface area contributed by atoms with Crippen molar-refractivity contribution in [2.45, 2.75) is 51.7 Å². The summed E-state index contributed by atoms with van der Waals surface area (Å²) in [4.78, 5) is 28.1. The van der Waals surface area contributed by atoms with Crippen molar-refractivity contribution in [2.75, 3.05) is 14.1 Å². The number of hydrogen-bond donors (Lipinski definition) is 2. The van der Waals surface area contributed by atoms with Crippen molar-refractivity contribution in [3.8, 4) is 0 Å². The van der Waals surface area contributed by atoms with Crippen LogP contribution in [-0.4, -0.2) is 35.4 Å². The molecule has 1 atom stereocenters. The number of amides is 2. The Bertz CT molecular complexity index is 1140. The molecule has 3 N–H and O–H groups in total. The molecule has 33 heavy (non-hydrogen) atoms. The highest BCUT2D eigenvalue weighted by atomic mass is 16.2. The molecule has 4 rings (SSSR count). The molecule has 0 aliphatic heterocycles. The first-order chi connectivity index (χ1) is 15.8. The van der Waals surface area contributed by atoms with Crippen LogP contribution in [0.15, 0.2) is 48.5 Å². The summed E-state index contributed by atoms with van der Waals surface area (Å²) >= 11 is 0. The smallest absolute Gasteiger partial charge is 0.265 e. The zero-order chi connectivity index (χ0) is 23.5. The lowest BCUT2D eigenvalue weighted by molar-refractivity contribution is -0.124. The normalized spacial score (nSPS) is 14.5. The predicted octanol–water partition coefficient (Wildman–Crippen LogP) is 4.16. The molecule has 1 aliphatic rings. The Morgan fingerprint density at radius 3 is 2.39 bits per heavy atom. The van der Waals surface area contributed by atoms with Gasteiger partial charge in [0.1, 0.15) is 11.7 Å². The Morgan fingerprint density at radius 1 is 1.09 bits per heavy atom. The van der Waals surface area contributed by atoms with Crippen molar-refractivity contribution in [1.82, 2.24) is 14.8 Å². The molecule has 1 aromatic heterocycles. The van der Waals surface area contributed by atoms with Crippen molar-refractivity contribution < 1.29 is 9.59 Å². The number of primary amides is 1. The molecular formula is C27H34N4O2. The molecule has 6 nitrogen and oxygen atoms in total. The second-order valence-corrected chi connectivity index (χ2v) is 9.53. The quantitative estimate of drug-likeness (QED) is 0.491. The molecule has 2 aromatic carbocycles. The summed E-state index contributed by atoms with van der Waals surface area (Å²) in [7, 11) is 4.09. The zero-order valence-corrected chi connectivity index (χ0v) is 19.8. The number of fused-ring (bicyclic) bond motifs is 1. The Labute approximate surface area is 195 Å². The Balaban J connectivity index is 1.59.